The highest BCUT2D eigenvalue weighted by molar-refractivity contribution is 6.07. The van der Waals surface area contributed by atoms with E-state index in [9.17, 15) is 23.9 Å². The summed E-state index contributed by atoms with van der Waals surface area (Å²) in [5, 5.41) is 15.6. The van der Waals surface area contributed by atoms with Gasteiger partial charge >= 0.3 is 0 Å². The first-order valence-corrected chi connectivity index (χ1v) is 10.6. The second kappa shape index (κ2) is 7.61. The minimum atomic E-state index is -0.562. The zero-order valence-electron chi connectivity index (χ0n) is 18.3. The van der Waals surface area contributed by atoms with Crippen LogP contribution in [-0.2, 0) is 17.9 Å². The lowest BCUT2D eigenvalue weighted by Gasteiger charge is -2.33. The summed E-state index contributed by atoms with van der Waals surface area (Å²) in [6.45, 7) is 1.84. The zero-order valence-corrected chi connectivity index (χ0v) is 18.3. The van der Waals surface area contributed by atoms with Gasteiger partial charge in [-0.3, -0.25) is 14.4 Å². The Hall–Kier alpha value is -3.89. The number of hydrogen-bond acceptors (Lipinski definition) is 6. The maximum Gasteiger partial charge on any atom is 0.280 e. The topological polar surface area (TPSA) is 104 Å². The van der Waals surface area contributed by atoms with E-state index in [1.807, 2.05) is 0 Å². The van der Waals surface area contributed by atoms with Gasteiger partial charge < -0.3 is 24.4 Å². The summed E-state index contributed by atoms with van der Waals surface area (Å²) in [6, 6.07) is 5.69. The monoisotopic (exact) mass is 454 g/mol. The zero-order chi connectivity index (χ0) is 23.4. The summed E-state index contributed by atoms with van der Waals surface area (Å²) in [5.74, 6) is -0.917. The number of anilines is 1. The summed E-state index contributed by atoms with van der Waals surface area (Å²) in [7, 11) is 3.35. The van der Waals surface area contributed by atoms with Crippen LogP contribution >= 0.6 is 0 Å². The van der Waals surface area contributed by atoms with E-state index in [2.05, 4.69) is 5.10 Å². The van der Waals surface area contributed by atoms with Crippen molar-refractivity contribution < 1.29 is 19.1 Å². The van der Waals surface area contributed by atoms with Crippen molar-refractivity contribution in [3.8, 4) is 5.75 Å². The molecule has 1 saturated heterocycles. The molecular weight excluding hydrogens is 431 g/mol. The third-order valence-electron chi connectivity index (χ3n) is 6.32. The van der Waals surface area contributed by atoms with Crippen LogP contribution in [0.4, 0.5) is 10.2 Å². The van der Waals surface area contributed by atoms with E-state index < -0.39 is 11.4 Å². The highest BCUT2D eigenvalue weighted by atomic mass is 19.1. The first-order chi connectivity index (χ1) is 15.8. The van der Waals surface area contributed by atoms with Gasteiger partial charge in [0.05, 0.1) is 13.1 Å². The van der Waals surface area contributed by atoms with E-state index >= 15 is 0 Å². The SMILES string of the molecule is CN1CCN(c2nn(Cc3ccc(F)cc3)c(=O)c3c(O)c4n(c23)CCN(C)C4=O)CC1=O. The lowest BCUT2D eigenvalue weighted by molar-refractivity contribution is -0.129. The summed E-state index contributed by atoms with van der Waals surface area (Å²) < 4.78 is 16.2. The molecule has 5 rings (SSSR count). The highest BCUT2D eigenvalue weighted by Crippen LogP contribution is 2.37. The molecule has 0 atom stereocenters. The molecule has 2 aromatic heterocycles. The quantitative estimate of drug-likeness (QED) is 0.617. The van der Waals surface area contributed by atoms with Crippen molar-refractivity contribution in [2.24, 2.45) is 0 Å². The van der Waals surface area contributed by atoms with Crippen LogP contribution in [0.3, 0.4) is 0 Å². The van der Waals surface area contributed by atoms with Crippen LogP contribution < -0.4 is 10.5 Å². The van der Waals surface area contributed by atoms with Crippen LogP contribution in [0.1, 0.15) is 16.1 Å². The number of hydrogen-bond donors (Lipinski definition) is 1. The van der Waals surface area contributed by atoms with Gasteiger partial charge in [-0.15, -0.1) is 5.10 Å². The van der Waals surface area contributed by atoms with Gasteiger partial charge in [-0.25, -0.2) is 9.07 Å². The number of benzene rings is 1. The fraction of sp³-hybridized carbons (Fsp3) is 0.364. The first kappa shape index (κ1) is 21.0. The first-order valence-electron chi connectivity index (χ1n) is 10.6. The molecule has 1 N–H and O–H groups in total. The third kappa shape index (κ3) is 3.31. The second-order valence-corrected chi connectivity index (χ2v) is 8.45. The van der Waals surface area contributed by atoms with Crippen molar-refractivity contribution in [2.45, 2.75) is 13.1 Å². The minimum Gasteiger partial charge on any atom is -0.505 e. The van der Waals surface area contributed by atoms with Gasteiger partial charge in [-0.2, -0.15) is 0 Å². The van der Waals surface area contributed by atoms with Crippen LogP contribution in [0.25, 0.3) is 10.9 Å². The predicted octanol–water partition coefficient (Wildman–Crippen LogP) is 0.455. The Morgan fingerprint density at radius 1 is 1.00 bits per heavy atom. The van der Waals surface area contributed by atoms with Crippen molar-refractivity contribution in [2.75, 3.05) is 45.2 Å². The maximum absolute atomic E-state index is 13.4. The average Bonchev–Trinajstić information content (AvgIpc) is 3.09. The molecule has 2 amide bonds. The number of piperazine rings is 1. The number of halogens is 1. The van der Waals surface area contributed by atoms with Gasteiger partial charge in [0.1, 0.15) is 16.7 Å². The van der Waals surface area contributed by atoms with Gasteiger partial charge in [0.2, 0.25) is 5.91 Å². The Bertz CT molecular complexity index is 1350. The molecule has 0 spiro atoms. The van der Waals surface area contributed by atoms with E-state index in [0.29, 0.717) is 43.1 Å². The van der Waals surface area contributed by atoms with Crippen LogP contribution in [0.2, 0.25) is 0 Å². The number of nitrogens with zero attached hydrogens (tertiary/aromatic N) is 6. The Kier molecular flexibility index (Phi) is 4.84. The molecule has 0 unspecified atom stereocenters. The number of fused-ring (bicyclic) bond motifs is 3. The van der Waals surface area contributed by atoms with E-state index in [1.54, 1.807) is 40.6 Å². The largest absolute Gasteiger partial charge is 0.505 e. The third-order valence-corrected chi connectivity index (χ3v) is 6.32. The molecule has 10 nitrogen and oxygen atoms in total. The molecule has 1 fully saturated rings. The second-order valence-electron chi connectivity index (χ2n) is 8.45. The smallest absolute Gasteiger partial charge is 0.280 e. The standard InChI is InChI=1S/C22H23FN6O4/c1-25-7-9-27(12-15(25)30)20-17-16(19(31)18-22(33)26(2)8-10-28(17)18)21(32)29(24-20)11-13-3-5-14(23)6-4-13/h3-6,31H,7-12H2,1-2H3. The number of rotatable bonds is 3. The van der Waals surface area contributed by atoms with Crippen molar-refractivity contribution in [3.63, 3.8) is 0 Å². The Morgan fingerprint density at radius 3 is 2.39 bits per heavy atom. The summed E-state index contributed by atoms with van der Waals surface area (Å²) in [4.78, 5) is 43.5. The molecule has 33 heavy (non-hydrogen) atoms. The molecule has 3 aromatic rings. The van der Waals surface area contributed by atoms with Crippen molar-refractivity contribution in [1.82, 2.24) is 24.1 Å². The van der Waals surface area contributed by atoms with Gasteiger partial charge in [0, 0.05) is 40.3 Å². The average molecular weight is 454 g/mol. The molecule has 0 aliphatic carbocycles. The van der Waals surface area contributed by atoms with Crippen LogP contribution in [0.5, 0.6) is 5.75 Å². The van der Waals surface area contributed by atoms with Crippen LogP contribution in [0.15, 0.2) is 29.1 Å². The van der Waals surface area contributed by atoms with Crippen molar-refractivity contribution >= 4 is 28.5 Å². The van der Waals surface area contributed by atoms with E-state index in [4.69, 9.17) is 0 Å². The fourth-order valence-electron chi connectivity index (χ4n) is 4.37. The number of likely N-dealkylation sites (N-methyl/N-ethyl adjacent to an activating group) is 2. The van der Waals surface area contributed by atoms with Crippen LogP contribution in [0, 0.1) is 5.82 Å². The molecule has 4 heterocycles. The molecule has 2 aliphatic heterocycles. The lowest BCUT2D eigenvalue weighted by atomic mass is 10.2. The molecular formula is C22H23FN6O4. The van der Waals surface area contributed by atoms with Gasteiger partial charge in [-0.05, 0) is 17.7 Å². The molecule has 0 saturated carbocycles. The van der Waals surface area contributed by atoms with Crippen molar-refractivity contribution in [1.29, 1.82) is 0 Å². The molecule has 0 radical (unpaired) electrons. The number of amides is 2. The maximum atomic E-state index is 13.4. The summed E-state index contributed by atoms with van der Waals surface area (Å²) in [5.41, 5.74) is 0.471. The van der Waals surface area contributed by atoms with Crippen molar-refractivity contribution in [3.05, 3.63) is 51.7 Å². The van der Waals surface area contributed by atoms with Gasteiger partial charge in [0.25, 0.3) is 11.5 Å². The Balaban J connectivity index is 1.74. The summed E-state index contributed by atoms with van der Waals surface area (Å²) >= 11 is 0. The number of carbonyl (C=O) groups excluding carboxylic acids is 2. The fourth-order valence-corrected chi connectivity index (χ4v) is 4.37. The van der Waals surface area contributed by atoms with E-state index in [-0.39, 0.29) is 41.7 Å². The van der Waals surface area contributed by atoms with Gasteiger partial charge in [0.15, 0.2) is 17.3 Å². The molecule has 172 valence electrons. The molecule has 11 heteroatoms. The number of carbonyl (C=O) groups is 2. The normalized spacial score (nSPS) is 16.6. The molecule has 2 aliphatic rings. The lowest BCUT2D eigenvalue weighted by Crippen LogP contribution is -2.49. The Labute approximate surface area is 188 Å². The summed E-state index contributed by atoms with van der Waals surface area (Å²) in [6.07, 6.45) is 0. The molecule has 0 bridgehead atoms. The number of aromatic hydroxyl groups is 1. The molecule has 1 aromatic carbocycles. The number of aromatic nitrogens is 3. The minimum absolute atomic E-state index is 0.00728. The van der Waals surface area contributed by atoms with Gasteiger partial charge in [-0.1, -0.05) is 12.1 Å². The Morgan fingerprint density at radius 2 is 1.70 bits per heavy atom. The van der Waals surface area contributed by atoms with Crippen LogP contribution in [-0.4, -0.2) is 81.3 Å². The highest BCUT2D eigenvalue weighted by Gasteiger charge is 2.35. The van der Waals surface area contributed by atoms with E-state index in [1.165, 1.54) is 21.7 Å². The van der Waals surface area contributed by atoms with E-state index in [0.717, 1.165) is 0 Å². The predicted molar refractivity (Wildman–Crippen MR) is 118 cm³/mol.